The summed E-state index contributed by atoms with van der Waals surface area (Å²) in [6.07, 6.45) is 8.99. The quantitative estimate of drug-likeness (QED) is 0.784. The molecule has 17 heavy (non-hydrogen) atoms. The van der Waals surface area contributed by atoms with Crippen molar-refractivity contribution in [3.63, 3.8) is 0 Å². The molecule has 3 unspecified atom stereocenters. The molecule has 2 heteroatoms. The maximum atomic E-state index is 3.97. The van der Waals surface area contributed by atoms with Crippen molar-refractivity contribution in [2.45, 2.75) is 44.6 Å². The van der Waals surface area contributed by atoms with Gasteiger partial charge in [-0.15, -0.1) is 0 Å². The number of nitrogens with zero attached hydrogens (tertiary/aromatic N) is 1. The highest BCUT2D eigenvalue weighted by Gasteiger charge is 2.42. The third-order valence-electron chi connectivity index (χ3n) is 5.70. The van der Waals surface area contributed by atoms with Gasteiger partial charge in [-0.3, -0.25) is 0 Å². The minimum absolute atomic E-state index is 0.855. The molecule has 1 N–H and O–H groups in total. The van der Waals surface area contributed by atoms with Crippen molar-refractivity contribution in [1.29, 1.82) is 0 Å². The minimum Gasteiger partial charge on any atom is -0.313 e. The lowest BCUT2D eigenvalue weighted by atomic mass is 9.92. The van der Waals surface area contributed by atoms with Crippen LogP contribution in [0.25, 0.3) is 0 Å². The molecular formula is C15H26N2. The molecule has 4 fully saturated rings. The summed E-state index contributed by atoms with van der Waals surface area (Å²) in [6, 6.07) is 0.855. The Balaban J connectivity index is 1.31. The van der Waals surface area contributed by atoms with Crippen LogP contribution in [0.5, 0.6) is 0 Å². The number of piperidine rings is 1. The van der Waals surface area contributed by atoms with Crippen molar-refractivity contribution < 1.29 is 0 Å². The SMILES string of the molecule is C1CN2CCC(NCC(C3CC3)C3CC3)C1C2. The Kier molecular flexibility index (Phi) is 2.69. The average Bonchev–Trinajstić information content (AvgIpc) is 3.23. The van der Waals surface area contributed by atoms with Gasteiger partial charge < -0.3 is 10.2 Å². The summed E-state index contributed by atoms with van der Waals surface area (Å²) < 4.78 is 0. The first-order valence-electron chi connectivity index (χ1n) is 7.86. The molecule has 0 aromatic heterocycles. The Labute approximate surface area is 105 Å². The van der Waals surface area contributed by atoms with Crippen molar-refractivity contribution in [3.8, 4) is 0 Å². The Hall–Kier alpha value is -0.0800. The zero-order valence-corrected chi connectivity index (χ0v) is 10.9. The van der Waals surface area contributed by atoms with Crippen molar-refractivity contribution in [2.24, 2.45) is 23.7 Å². The highest BCUT2D eigenvalue weighted by molar-refractivity contribution is 4.95. The predicted octanol–water partition coefficient (Wildman–Crippen LogP) is 2.11. The van der Waals surface area contributed by atoms with Crippen LogP contribution in [0, 0.1) is 23.7 Å². The van der Waals surface area contributed by atoms with Gasteiger partial charge in [0.1, 0.15) is 0 Å². The second kappa shape index (κ2) is 4.24. The van der Waals surface area contributed by atoms with E-state index in [0.717, 1.165) is 29.7 Å². The first-order chi connectivity index (χ1) is 8.40. The van der Waals surface area contributed by atoms with E-state index in [4.69, 9.17) is 0 Å². The van der Waals surface area contributed by atoms with Crippen LogP contribution in [0.2, 0.25) is 0 Å². The van der Waals surface area contributed by atoms with Crippen molar-refractivity contribution >= 4 is 0 Å². The standard InChI is InChI=1S/C15H26N2/c1-2-11(1)14(12-3-4-12)9-16-15-6-8-17-7-5-13(15)10-17/h11-16H,1-10H2. The van der Waals surface area contributed by atoms with Crippen LogP contribution in [0.15, 0.2) is 0 Å². The Bertz CT molecular complexity index is 271. The summed E-state index contributed by atoms with van der Waals surface area (Å²) in [5.74, 6) is 4.24. The van der Waals surface area contributed by atoms with Crippen molar-refractivity contribution in [3.05, 3.63) is 0 Å². The molecule has 4 aliphatic rings. The van der Waals surface area contributed by atoms with E-state index < -0.39 is 0 Å². The van der Waals surface area contributed by atoms with Crippen LogP contribution in [-0.4, -0.2) is 37.1 Å². The highest BCUT2D eigenvalue weighted by atomic mass is 15.2. The zero-order chi connectivity index (χ0) is 11.2. The fourth-order valence-corrected chi connectivity index (χ4v) is 4.27. The van der Waals surface area contributed by atoms with Crippen molar-refractivity contribution in [1.82, 2.24) is 10.2 Å². The summed E-state index contributed by atoms with van der Waals surface area (Å²) in [7, 11) is 0. The highest BCUT2D eigenvalue weighted by Crippen LogP contribution is 2.49. The minimum atomic E-state index is 0.855. The number of nitrogens with one attached hydrogen (secondary N) is 1. The molecule has 2 bridgehead atoms. The van der Waals surface area contributed by atoms with Gasteiger partial charge in [0.05, 0.1) is 0 Å². The van der Waals surface area contributed by atoms with Gasteiger partial charge in [0, 0.05) is 12.6 Å². The molecule has 2 saturated heterocycles. The van der Waals surface area contributed by atoms with Crippen molar-refractivity contribution in [2.75, 3.05) is 26.2 Å². The first-order valence-corrected chi connectivity index (χ1v) is 7.86. The van der Waals surface area contributed by atoms with E-state index in [9.17, 15) is 0 Å². The zero-order valence-electron chi connectivity index (χ0n) is 10.9. The molecule has 2 heterocycles. The van der Waals surface area contributed by atoms with Gasteiger partial charge in [-0.25, -0.2) is 0 Å². The van der Waals surface area contributed by atoms with Gasteiger partial charge in [-0.2, -0.15) is 0 Å². The molecule has 2 aliphatic carbocycles. The second-order valence-electron chi connectivity index (χ2n) is 6.99. The summed E-state index contributed by atoms with van der Waals surface area (Å²) in [5.41, 5.74) is 0. The summed E-state index contributed by atoms with van der Waals surface area (Å²) in [6.45, 7) is 5.45. The predicted molar refractivity (Wildman–Crippen MR) is 69.9 cm³/mol. The molecule has 0 radical (unpaired) electrons. The second-order valence-corrected chi connectivity index (χ2v) is 6.99. The number of fused-ring (bicyclic) bond motifs is 2. The molecular weight excluding hydrogens is 208 g/mol. The largest absolute Gasteiger partial charge is 0.313 e. The lowest BCUT2D eigenvalue weighted by Gasteiger charge is -2.32. The third kappa shape index (κ3) is 2.26. The molecule has 96 valence electrons. The van der Waals surface area contributed by atoms with Crippen LogP contribution in [0.1, 0.15) is 38.5 Å². The van der Waals surface area contributed by atoms with E-state index in [1.54, 1.807) is 0 Å². The molecule has 0 amide bonds. The van der Waals surface area contributed by atoms with Gasteiger partial charge >= 0.3 is 0 Å². The van der Waals surface area contributed by atoms with Crippen LogP contribution < -0.4 is 5.32 Å². The fourth-order valence-electron chi connectivity index (χ4n) is 4.27. The van der Waals surface area contributed by atoms with E-state index in [1.165, 1.54) is 64.7 Å². The average molecular weight is 234 g/mol. The van der Waals surface area contributed by atoms with Crippen LogP contribution >= 0.6 is 0 Å². The van der Waals surface area contributed by atoms with E-state index in [0.29, 0.717) is 0 Å². The van der Waals surface area contributed by atoms with E-state index in [1.807, 2.05) is 0 Å². The number of rotatable bonds is 5. The van der Waals surface area contributed by atoms with Gasteiger partial charge in [0.15, 0.2) is 0 Å². The maximum Gasteiger partial charge on any atom is 0.0120 e. The third-order valence-corrected chi connectivity index (χ3v) is 5.70. The molecule has 2 nitrogen and oxygen atoms in total. The van der Waals surface area contributed by atoms with E-state index >= 15 is 0 Å². The van der Waals surface area contributed by atoms with Gasteiger partial charge in [0.2, 0.25) is 0 Å². The van der Waals surface area contributed by atoms with Gasteiger partial charge in [-0.1, -0.05) is 0 Å². The summed E-state index contributed by atoms with van der Waals surface area (Å²) in [5, 5.41) is 3.97. The lowest BCUT2D eigenvalue weighted by molar-refractivity contribution is 0.210. The lowest BCUT2D eigenvalue weighted by Crippen LogP contribution is -2.45. The summed E-state index contributed by atoms with van der Waals surface area (Å²) >= 11 is 0. The number of hydrogen-bond donors (Lipinski definition) is 1. The Morgan fingerprint density at radius 1 is 0.941 bits per heavy atom. The Morgan fingerprint density at radius 2 is 1.65 bits per heavy atom. The van der Waals surface area contributed by atoms with Crippen LogP contribution in [0.4, 0.5) is 0 Å². The van der Waals surface area contributed by atoms with Crippen LogP contribution in [-0.2, 0) is 0 Å². The molecule has 4 rings (SSSR count). The Morgan fingerprint density at radius 3 is 2.35 bits per heavy atom. The molecule has 0 aromatic carbocycles. The molecule has 2 saturated carbocycles. The normalized spacial score (nSPS) is 41.1. The molecule has 2 aliphatic heterocycles. The van der Waals surface area contributed by atoms with Gasteiger partial charge in [-0.05, 0) is 81.8 Å². The molecule has 0 aromatic rings. The number of hydrogen-bond acceptors (Lipinski definition) is 2. The maximum absolute atomic E-state index is 3.97. The van der Waals surface area contributed by atoms with Crippen LogP contribution in [0.3, 0.4) is 0 Å². The van der Waals surface area contributed by atoms with E-state index in [2.05, 4.69) is 10.2 Å². The molecule has 0 spiro atoms. The van der Waals surface area contributed by atoms with Gasteiger partial charge in [0.25, 0.3) is 0 Å². The topological polar surface area (TPSA) is 15.3 Å². The first kappa shape index (κ1) is 10.8. The smallest absolute Gasteiger partial charge is 0.0120 e. The monoisotopic (exact) mass is 234 g/mol. The molecule has 3 atom stereocenters. The summed E-state index contributed by atoms with van der Waals surface area (Å²) in [4.78, 5) is 2.65. The fraction of sp³-hybridized carbons (Fsp3) is 1.00. The van der Waals surface area contributed by atoms with E-state index in [-0.39, 0.29) is 0 Å².